The summed E-state index contributed by atoms with van der Waals surface area (Å²) in [6.45, 7) is 5.91. The molecule has 27 heavy (non-hydrogen) atoms. The van der Waals surface area contributed by atoms with Crippen molar-refractivity contribution >= 4 is 28.1 Å². The maximum atomic E-state index is 11.4. The smallest absolute Gasteiger partial charge is 0.339 e. The fourth-order valence-electron chi connectivity index (χ4n) is 2.78. The van der Waals surface area contributed by atoms with Crippen molar-refractivity contribution in [1.29, 1.82) is 0 Å². The van der Waals surface area contributed by atoms with Gasteiger partial charge in [-0.2, -0.15) is 5.11 Å². The van der Waals surface area contributed by atoms with Crippen molar-refractivity contribution in [2.75, 3.05) is 0 Å². The van der Waals surface area contributed by atoms with Crippen molar-refractivity contribution < 1.29 is 15.0 Å². The highest BCUT2D eigenvalue weighted by molar-refractivity contribution is 6.04. The average molecular weight is 360 g/mol. The van der Waals surface area contributed by atoms with Gasteiger partial charge >= 0.3 is 5.97 Å². The molecule has 2 N–H and O–H groups in total. The number of aromatic hydroxyl groups is 1. The number of hydrogen-bond donors (Lipinski definition) is 2. The summed E-state index contributed by atoms with van der Waals surface area (Å²) in [5, 5.41) is 29.3. The third-order valence-electron chi connectivity index (χ3n) is 4.27. The quantitative estimate of drug-likeness (QED) is 0.407. The summed E-state index contributed by atoms with van der Waals surface area (Å²) in [4.78, 5) is 11.4. The zero-order valence-corrected chi connectivity index (χ0v) is 15.0. The van der Waals surface area contributed by atoms with E-state index < -0.39 is 5.97 Å². The third-order valence-corrected chi connectivity index (χ3v) is 4.27. The summed E-state index contributed by atoms with van der Waals surface area (Å²) in [7, 11) is 0. The Hall–Kier alpha value is -3.47. The van der Waals surface area contributed by atoms with Crippen LogP contribution in [0.3, 0.4) is 0 Å². The number of aromatic carboxylic acids is 1. The Morgan fingerprint density at radius 2 is 1.78 bits per heavy atom. The van der Waals surface area contributed by atoms with Crippen LogP contribution in [0.2, 0.25) is 0 Å². The zero-order valence-electron chi connectivity index (χ0n) is 15.0. The SMILES string of the molecule is C=C(C)CCc1ccc(N=Nc2c(O)c(C(=O)O)cc3ccccc23)cc1. The van der Waals surface area contributed by atoms with Gasteiger partial charge in [0.1, 0.15) is 11.3 Å². The van der Waals surface area contributed by atoms with E-state index in [-0.39, 0.29) is 17.0 Å². The molecule has 0 atom stereocenters. The summed E-state index contributed by atoms with van der Waals surface area (Å²) in [6, 6.07) is 16.2. The van der Waals surface area contributed by atoms with Crippen LogP contribution < -0.4 is 0 Å². The van der Waals surface area contributed by atoms with E-state index in [1.54, 1.807) is 24.3 Å². The predicted octanol–water partition coefficient (Wildman–Crippen LogP) is 6.17. The molecule has 3 rings (SSSR count). The molecular formula is C22H20N2O3. The molecule has 0 fully saturated rings. The lowest BCUT2D eigenvalue weighted by Crippen LogP contribution is -1.97. The second-order valence-corrected chi connectivity index (χ2v) is 6.47. The first kappa shape index (κ1) is 18.3. The van der Waals surface area contributed by atoms with Crippen molar-refractivity contribution in [2.45, 2.75) is 19.8 Å². The number of benzene rings is 3. The fourth-order valence-corrected chi connectivity index (χ4v) is 2.78. The van der Waals surface area contributed by atoms with Crippen LogP contribution in [0.4, 0.5) is 11.4 Å². The lowest BCUT2D eigenvalue weighted by Gasteiger charge is -2.07. The highest BCUT2D eigenvalue weighted by Gasteiger charge is 2.17. The van der Waals surface area contributed by atoms with E-state index in [1.807, 2.05) is 31.2 Å². The van der Waals surface area contributed by atoms with Crippen molar-refractivity contribution in [3.63, 3.8) is 0 Å². The van der Waals surface area contributed by atoms with E-state index in [0.29, 0.717) is 16.5 Å². The van der Waals surface area contributed by atoms with Gasteiger partial charge in [-0.25, -0.2) is 4.79 Å². The first-order valence-electron chi connectivity index (χ1n) is 8.59. The molecule has 3 aromatic carbocycles. The highest BCUT2D eigenvalue weighted by atomic mass is 16.4. The van der Waals surface area contributed by atoms with Gasteiger partial charge in [-0.15, -0.1) is 11.7 Å². The number of carboxylic acids is 1. The average Bonchev–Trinajstić information content (AvgIpc) is 2.66. The van der Waals surface area contributed by atoms with Gasteiger partial charge in [0, 0.05) is 5.39 Å². The van der Waals surface area contributed by atoms with Crippen LogP contribution in [-0.2, 0) is 6.42 Å². The Morgan fingerprint density at radius 1 is 1.07 bits per heavy atom. The van der Waals surface area contributed by atoms with Crippen LogP contribution in [0.15, 0.2) is 77.0 Å². The highest BCUT2D eigenvalue weighted by Crippen LogP contribution is 2.39. The number of hydrogen-bond acceptors (Lipinski definition) is 4. The minimum Gasteiger partial charge on any atom is -0.505 e. The number of carboxylic acid groups (broad SMARTS) is 1. The molecule has 0 amide bonds. The summed E-state index contributed by atoms with van der Waals surface area (Å²) in [5.41, 5.74) is 2.89. The minimum atomic E-state index is -1.21. The normalized spacial score (nSPS) is 11.1. The van der Waals surface area contributed by atoms with E-state index in [2.05, 4.69) is 16.8 Å². The van der Waals surface area contributed by atoms with E-state index in [9.17, 15) is 15.0 Å². The Kier molecular flexibility index (Phi) is 5.31. The van der Waals surface area contributed by atoms with Crippen LogP contribution in [0.5, 0.6) is 5.75 Å². The van der Waals surface area contributed by atoms with E-state index in [4.69, 9.17) is 0 Å². The molecule has 0 heterocycles. The molecule has 5 heteroatoms. The molecule has 3 aromatic rings. The van der Waals surface area contributed by atoms with Crippen LogP contribution >= 0.6 is 0 Å². The standard InChI is InChI=1S/C22H20N2O3/c1-14(2)7-8-15-9-11-17(12-10-15)23-24-20-18-6-4-3-5-16(18)13-19(21(20)25)22(26)27/h3-6,9-13,25H,1,7-8H2,2H3,(H,26,27). The van der Waals surface area contributed by atoms with Crippen LogP contribution in [0, 0.1) is 0 Å². The van der Waals surface area contributed by atoms with Gasteiger partial charge in [0.25, 0.3) is 0 Å². The molecule has 0 unspecified atom stereocenters. The molecule has 0 bridgehead atoms. The number of phenols is 1. The molecule has 0 aliphatic heterocycles. The first-order valence-corrected chi connectivity index (χ1v) is 8.59. The molecular weight excluding hydrogens is 340 g/mol. The molecule has 0 saturated heterocycles. The number of rotatable bonds is 6. The van der Waals surface area contributed by atoms with Gasteiger partial charge in [-0.1, -0.05) is 42.0 Å². The van der Waals surface area contributed by atoms with Gasteiger partial charge in [-0.3, -0.25) is 0 Å². The fraction of sp³-hybridized carbons (Fsp3) is 0.136. The number of azo groups is 1. The van der Waals surface area contributed by atoms with Crippen molar-refractivity contribution in [1.82, 2.24) is 0 Å². The van der Waals surface area contributed by atoms with Crippen LogP contribution in [-0.4, -0.2) is 16.2 Å². The van der Waals surface area contributed by atoms with E-state index >= 15 is 0 Å². The maximum absolute atomic E-state index is 11.4. The van der Waals surface area contributed by atoms with Gasteiger partial charge in [0.15, 0.2) is 5.75 Å². The number of fused-ring (bicyclic) bond motifs is 1. The minimum absolute atomic E-state index is 0.150. The summed E-state index contributed by atoms with van der Waals surface area (Å²) < 4.78 is 0. The molecule has 0 saturated carbocycles. The van der Waals surface area contributed by atoms with Gasteiger partial charge < -0.3 is 10.2 Å². The van der Waals surface area contributed by atoms with E-state index in [0.717, 1.165) is 18.4 Å². The molecule has 5 nitrogen and oxygen atoms in total. The molecule has 0 aromatic heterocycles. The third kappa shape index (κ3) is 4.20. The summed E-state index contributed by atoms with van der Waals surface area (Å²) in [6.07, 6.45) is 1.85. The number of aryl methyl sites for hydroxylation is 1. The van der Waals surface area contributed by atoms with Gasteiger partial charge in [-0.05, 0) is 48.9 Å². The largest absolute Gasteiger partial charge is 0.505 e. The molecule has 0 aliphatic rings. The molecule has 0 aliphatic carbocycles. The van der Waals surface area contributed by atoms with Crippen molar-refractivity contribution in [3.8, 4) is 5.75 Å². The zero-order chi connectivity index (χ0) is 19.4. The van der Waals surface area contributed by atoms with E-state index in [1.165, 1.54) is 11.6 Å². The van der Waals surface area contributed by atoms with Crippen molar-refractivity contribution in [2.24, 2.45) is 10.2 Å². The number of nitrogens with zero attached hydrogens (tertiary/aromatic N) is 2. The Labute approximate surface area is 157 Å². The van der Waals surface area contributed by atoms with Crippen LogP contribution in [0.1, 0.15) is 29.3 Å². The Morgan fingerprint density at radius 3 is 2.44 bits per heavy atom. The summed E-state index contributed by atoms with van der Waals surface area (Å²) in [5.74, 6) is -1.60. The molecule has 0 radical (unpaired) electrons. The lowest BCUT2D eigenvalue weighted by atomic mass is 10.0. The predicted molar refractivity (Wildman–Crippen MR) is 106 cm³/mol. The summed E-state index contributed by atoms with van der Waals surface area (Å²) >= 11 is 0. The van der Waals surface area contributed by atoms with Gasteiger partial charge in [0.2, 0.25) is 0 Å². The Balaban J connectivity index is 1.95. The van der Waals surface area contributed by atoms with Crippen LogP contribution in [0.25, 0.3) is 10.8 Å². The first-order chi connectivity index (χ1) is 13.0. The van der Waals surface area contributed by atoms with Gasteiger partial charge in [0.05, 0.1) is 5.69 Å². The topological polar surface area (TPSA) is 82.2 Å². The molecule has 0 spiro atoms. The maximum Gasteiger partial charge on any atom is 0.339 e. The van der Waals surface area contributed by atoms with Crippen molar-refractivity contribution in [3.05, 3.63) is 77.9 Å². The number of carbonyl (C=O) groups is 1. The number of allylic oxidation sites excluding steroid dienone is 1. The molecule has 136 valence electrons. The second kappa shape index (κ2) is 7.83. The lowest BCUT2D eigenvalue weighted by molar-refractivity contribution is 0.0694. The Bertz CT molecular complexity index is 1040. The monoisotopic (exact) mass is 360 g/mol. The second-order valence-electron chi connectivity index (χ2n) is 6.47.